The molecule has 7 heteroatoms. The maximum absolute atomic E-state index is 13.2. The van der Waals surface area contributed by atoms with E-state index in [1.54, 1.807) is 0 Å². The van der Waals surface area contributed by atoms with E-state index in [9.17, 15) is 14.0 Å². The molecule has 1 saturated heterocycles. The predicted octanol–water partition coefficient (Wildman–Crippen LogP) is 2.60. The van der Waals surface area contributed by atoms with Gasteiger partial charge in [0.05, 0.1) is 16.0 Å². The molecule has 102 valence electrons. The maximum atomic E-state index is 13.2. The molecule has 0 radical (unpaired) electrons. The summed E-state index contributed by atoms with van der Waals surface area (Å²) >= 11 is 11.3. The number of amides is 2. The molecule has 2 amide bonds. The van der Waals surface area contributed by atoms with Crippen molar-refractivity contribution >= 4 is 40.7 Å². The smallest absolute Gasteiger partial charge is 0.229 e. The first-order valence-electron chi connectivity index (χ1n) is 5.69. The molecule has 1 aliphatic heterocycles. The van der Waals surface area contributed by atoms with Gasteiger partial charge in [-0.15, -0.1) is 0 Å². The van der Waals surface area contributed by atoms with E-state index in [4.69, 9.17) is 23.2 Å². The van der Waals surface area contributed by atoms with Crippen LogP contribution in [0.3, 0.4) is 0 Å². The van der Waals surface area contributed by atoms with E-state index in [0.29, 0.717) is 25.1 Å². The van der Waals surface area contributed by atoms with Crippen LogP contribution in [0, 0.1) is 11.7 Å². The lowest BCUT2D eigenvalue weighted by Crippen LogP contribution is -2.40. The number of hydrogen-bond acceptors (Lipinski definition) is 2. The molecule has 1 aromatic rings. The minimum Gasteiger partial charge on any atom is -0.355 e. The first kappa shape index (κ1) is 14.1. The minimum absolute atomic E-state index is 0.0584. The fraction of sp³-hybridized carbons (Fsp3) is 0.333. The average molecular weight is 305 g/mol. The van der Waals surface area contributed by atoms with Crippen LogP contribution in [0.5, 0.6) is 0 Å². The SMILES string of the molecule is O=C1CCC(C(=O)Nc2cc(Cl)c(F)c(Cl)c2)CN1. The first-order chi connectivity index (χ1) is 8.97. The van der Waals surface area contributed by atoms with Crippen LogP contribution in [0.15, 0.2) is 12.1 Å². The molecule has 1 aliphatic rings. The largest absolute Gasteiger partial charge is 0.355 e. The summed E-state index contributed by atoms with van der Waals surface area (Å²) in [5, 5.41) is 4.92. The van der Waals surface area contributed by atoms with Gasteiger partial charge in [-0.2, -0.15) is 0 Å². The Morgan fingerprint density at radius 3 is 2.53 bits per heavy atom. The van der Waals surface area contributed by atoms with E-state index < -0.39 is 5.82 Å². The van der Waals surface area contributed by atoms with Gasteiger partial charge in [-0.05, 0) is 18.6 Å². The minimum atomic E-state index is -0.716. The summed E-state index contributed by atoms with van der Waals surface area (Å²) in [6, 6.07) is 2.59. The van der Waals surface area contributed by atoms with Crippen molar-refractivity contribution in [3.63, 3.8) is 0 Å². The Morgan fingerprint density at radius 1 is 1.37 bits per heavy atom. The van der Waals surface area contributed by atoms with Gasteiger partial charge in [0.15, 0.2) is 5.82 Å². The third-order valence-corrected chi connectivity index (χ3v) is 3.44. The molecule has 1 unspecified atom stereocenters. The molecule has 1 fully saturated rings. The summed E-state index contributed by atoms with van der Waals surface area (Å²) < 4.78 is 13.2. The molecule has 0 spiro atoms. The number of carbonyl (C=O) groups is 2. The summed E-state index contributed by atoms with van der Waals surface area (Å²) in [6.07, 6.45) is 0.809. The number of anilines is 1. The number of carbonyl (C=O) groups excluding carboxylic acids is 2. The molecule has 0 aromatic heterocycles. The van der Waals surface area contributed by atoms with Crippen molar-refractivity contribution in [3.05, 3.63) is 28.0 Å². The molecule has 1 heterocycles. The molecule has 1 aromatic carbocycles. The third kappa shape index (κ3) is 3.36. The second-order valence-corrected chi connectivity index (χ2v) is 5.10. The third-order valence-electron chi connectivity index (χ3n) is 2.89. The Kier molecular flexibility index (Phi) is 4.27. The molecular weight excluding hydrogens is 294 g/mol. The molecule has 19 heavy (non-hydrogen) atoms. The zero-order valence-corrected chi connectivity index (χ0v) is 11.3. The lowest BCUT2D eigenvalue weighted by molar-refractivity contribution is -0.126. The van der Waals surface area contributed by atoms with Crippen LogP contribution in [0.1, 0.15) is 12.8 Å². The lowest BCUT2D eigenvalue weighted by atomic mass is 9.98. The van der Waals surface area contributed by atoms with Crippen molar-refractivity contribution in [2.45, 2.75) is 12.8 Å². The van der Waals surface area contributed by atoms with Gasteiger partial charge < -0.3 is 10.6 Å². The average Bonchev–Trinajstić information content (AvgIpc) is 2.36. The normalized spacial score (nSPS) is 18.9. The molecule has 2 rings (SSSR count). The van der Waals surface area contributed by atoms with Crippen LogP contribution in [0.4, 0.5) is 10.1 Å². The number of benzene rings is 1. The highest BCUT2D eigenvalue weighted by Crippen LogP contribution is 2.27. The summed E-state index contributed by atoms with van der Waals surface area (Å²) in [6.45, 7) is 0.299. The number of piperidine rings is 1. The molecular formula is C12H11Cl2FN2O2. The number of rotatable bonds is 2. The molecule has 0 saturated carbocycles. The zero-order valence-electron chi connectivity index (χ0n) is 9.80. The highest BCUT2D eigenvalue weighted by molar-refractivity contribution is 6.35. The standard InChI is InChI=1S/C12H11Cl2FN2O2/c13-8-3-7(4-9(14)11(8)15)17-12(19)6-1-2-10(18)16-5-6/h3-4,6H,1-2,5H2,(H,16,18)(H,17,19). The van der Waals surface area contributed by atoms with Crippen LogP contribution >= 0.6 is 23.2 Å². The van der Waals surface area contributed by atoms with E-state index in [1.807, 2.05) is 0 Å². The fourth-order valence-electron chi connectivity index (χ4n) is 1.83. The van der Waals surface area contributed by atoms with E-state index in [0.717, 1.165) is 0 Å². The van der Waals surface area contributed by atoms with Crippen molar-refractivity contribution in [3.8, 4) is 0 Å². The van der Waals surface area contributed by atoms with Crippen LogP contribution in [0.2, 0.25) is 10.0 Å². The summed E-state index contributed by atoms with van der Waals surface area (Å²) in [4.78, 5) is 22.9. The van der Waals surface area contributed by atoms with Gasteiger partial charge in [-0.3, -0.25) is 9.59 Å². The molecule has 2 N–H and O–H groups in total. The van der Waals surface area contributed by atoms with Gasteiger partial charge in [0, 0.05) is 18.7 Å². The summed E-state index contributed by atoms with van der Waals surface area (Å²) in [5.41, 5.74) is 0.332. The Hall–Kier alpha value is -1.33. The number of halogens is 3. The monoisotopic (exact) mass is 304 g/mol. The highest BCUT2D eigenvalue weighted by atomic mass is 35.5. The quantitative estimate of drug-likeness (QED) is 0.825. The lowest BCUT2D eigenvalue weighted by Gasteiger charge is -2.21. The highest BCUT2D eigenvalue weighted by Gasteiger charge is 2.24. The fourth-order valence-corrected chi connectivity index (χ4v) is 2.32. The van der Waals surface area contributed by atoms with E-state index in [-0.39, 0.29) is 27.8 Å². The van der Waals surface area contributed by atoms with Crippen LogP contribution in [-0.4, -0.2) is 18.4 Å². The Labute approximate surface area is 119 Å². The molecule has 1 atom stereocenters. The van der Waals surface area contributed by atoms with E-state index in [1.165, 1.54) is 12.1 Å². The van der Waals surface area contributed by atoms with Crippen molar-refractivity contribution < 1.29 is 14.0 Å². The number of nitrogens with one attached hydrogen (secondary N) is 2. The van der Waals surface area contributed by atoms with Gasteiger partial charge in [0.2, 0.25) is 11.8 Å². The second kappa shape index (κ2) is 5.75. The molecule has 4 nitrogen and oxygen atoms in total. The topological polar surface area (TPSA) is 58.2 Å². The van der Waals surface area contributed by atoms with Crippen LogP contribution < -0.4 is 10.6 Å². The summed E-state index contributed by atoms with van der Waals surface area (Å²) in [5.74, 6) is -1.33. The Morgan fingerprint density at radius 2 is 2.00 bits per heavy atom. The predicted molar refractivity (Wildman–Crippen MR) is 70.8 cm³/mol. The maximum Gasteiger partial charge on any atom is 0.229 e. The van der Waals surface area contributed by atoms with Crippen LogP contribution in [0.25, 0.3) is 0 Å². The van der Waals surface area contributed by atoms with Gasteiger partial charge in [0.25, 0.3) is 0 Å². The van der Waals surface area contributed by atoms with Crippen molar-refractivity contribution in [2.24, 2.45) is 5.92 Å². The van der Waals surface area contributed by atoms with Crippen LogP contribution in [-0.2, 0) is 9.59 Å². The summed E-state index contributed by atoms with van der Waals surface area (Å²) in [7, 11) is 0. The van der Waals surface area contributed by atoms with Crippen molar-refractivity contribution in [2.75, 3.05) is 11.9 Å². The Balaban J connectivity index is 2.05. The molecule has 0 aliphatic carbocycles. The molecule has 0 bridgehead atoms. The van der Waals surface area contributed by atoms with Gasteiger partial charge >= 0.3 is 0 Å². The van der Waals surface area contributed by atoms with Gasteiger partial charge in [0.1, 0.15) is 0 Å². The number of hydrogen-bond donors (Lipinski definition) is 2. The van der Waals surface area contributed by atoms with Gasteiger partial charge in [-0.25, -0.2) is 4.39 Å². The Bertz CT molecular complexity index is 503. The first-order valence-corrected chi connectivity index (χ1v) is 6.45. The zero-order chi connectivity index (χ0) is 14.0. The van der Waals surface area contributed by atoms with Crippen molar-refractivity contribution in [1.82, 2.24) is 5.32 Å². The van der Waals surface area contributed by atoms with E-state index in [2.05, 4.69) is 10.6 Å². The van der Waals surface area contributed by atoms with Gasteiger partial charge in [-0.1, -0.05) is 23.2 Å². The van der Waals surface area contributed by atoms with Crippen molar-refractivity contribution in [1.29, 1.82) is 0 Å². The second-order valence-electron chi connectivity index (χ2n) is 4.28. The van der Waals surface area contributed by atoms with E-state index >= 15 is 0 Å².